The van der Waals surface area contributed by atoms with Crippen LogP contribution in [0.2, 0.25) is 0 Å². The molecule has 3 N–H and O–H groups in total. The van der Waals surface area contributed by atoms with Crippen molar-refractivity contribution >= 4 is 0 Å². The summed E-state index contributed by atoms with van der Waals surface area (Å²) in [5, 5.41) is 30.3. The van der Waals surface area contributed by atoms with E-state index in [2.05, 4.69) is 32.6 Å². The van der Waals surface area contributed by atoms with Gasteiger partial charge in [-0.05, 0) is 79.8 Å². The van der Waals surface area contributed by atoms with Gasteiger partial charge in [-0.3, -0.25) is 0 Å². The van der Waals surface area contributed by atoms with Crippen molar-refractivity contribution in [3.8, 4) is 0 Å². The van der Waals surface area contributed by atoms with E-state index in [1.807, 2.05) is 13.8 Å². The van der Waals surface area contributed by atoms with Crippen LogP contribution in [-0.4, -0.2) is 46.3 Å². The molecule has 30 heavy (non-hydrogen) atoms. The second-order valence-electron chi connectivity index (χ2n) is 10.5. The molecule has 0 aromatic carbocycles. The first-order chi connectivity index (χ1) is 14.1. The van der Waals surface area contributed by atoms with Gasteiger partial charge in [0, 0.05) is 6.42 Å². The van der Waals surface area contributed by atoms with Crippen LogP contribution in [0.15, 0.2) is 35.5 Å². The van der Waals surface area contributed by atoms with Gasteiger partial charge in [0.15, 0.2) is 0 Å². The Morgan fingerprint density at radius 1 is 1.20 bits per heavy atom. The number of rotatable bonds is 6. The van der Waals surface area contributed by atoms with Gasteiger partial charge >= 0.3 is 0 Å². The Hall–Kier alpha value is -0.940. The molecule has 0 aromatic heterocycles. The summed E-state index contributed by atoms with van der Waals surface area (Å²) in [6.45, 7) is 13.1. The monoisotopic (exact) mass is 418 g/mol. The molecule has 3 saturated carbocycles. The highest BCUT2D eigenvalue weighted by Crippen LogP contribution is 2.58. The average Bonchev–Trinajstić information content (AvgIpc) is 3.04. The molecule has 3 aliphatic rings. The van der Waals surface area contributed by atoms with Crippen molar-refractivity contribution in [2.75, 3.05) is 6.61 Å². The van der Waals surface area contributed by atoms with Crippen molar-refractivity contribution in [1.29, 1.82) is 0 Å². The summed E-state index contributed by atoms with van der Waals surface area (Å²) in [4.78, 5) is 0. The van der Waals surface area contributed by atoms with Gasteiger partial charge in [-0.15, -0.1) is 0 Å². The van der Waals surface area contributed by atoms with Crippen molar-refractivity contribution in [3.05, 3.63) is 35.5 Å². The van der Waals surface area contributed by atoms with Gasteiger partial charge in [-0.25, -0.2) is 0 Å². The highest BCUT2D eigenvalue weighted by atomic mass is 16.5. The largest absolute Gasteiger partial charge is 0.393 e. The number of hydrogen-bond donors (Lipinski definition) is 3. The Morgan fingerprint density at radius 2 is 1.93 bits per heavy atom. The van der Waals surface area contributed by atoms with Crippen molar-refractivity contribution in [2.24, 2.45) is 23.2 Å². The first-order valence-electron chi connectivity index (χ1n) is 11.9. The van der Waals surface area contributed by atoms with Gasteiger partial charge in [0.2, 0.25) is 0 Å². The number of ether oxygens (including phenoxy) is 1. The lowest BCUT2D eigenvalue weighted by Crippen LogP contribution is -2.39. The van der Waals surface area contributed by atoms with Crippen LogP contribution in [0, 0.1) is 23.2 Å². The van der Waals surface area contributed by atoms with Crippen LogP contribution in [0.4, 0.5) is 0 Å². The molecule has 170 valence electrons. The Kier molecular flexibility index (Phi) is 7.66. The first-order valence-corrected chi connectivity index (χ1v) is 11.9. The maximum atomic E-state index is 10.1. The van der Waals surface area contributed by atoms with Crippen LogP contribution in [0.5, 0.6) is 0 Å². The zero-order valence-electron chi connectivity index (χ0n) is 19.3. The molecule has 3 aliphatic carbocycles. The molecule has 0 saturated heterocycles. The molecule has 7 atom stereocenters. The normalized spacial score (nSPS) is 39.5. The average molecular weight is 419 g/mol. The molecule has 0 aliphatic heterocycles. The van der Waals surface area contributed by atoms with Crippen LogP contribution in [0.1, 0.15) is 72.6 Å². The van der Waals surface area contributed by atoms with Crippen LogP contribution < -0.4 is 0 Å². The quantitative estimate of drug-likeness (QED) is 0.592. The minimum Gasteiger partial charge on any atom is -0.393 e. The second kappa shape index (κ2) is 9.68. The molecule has 0 spiro atoms. The lowest BCUT2D eigenvalue weighted by molar-refractivity contribution is -0.0651. The molecule has 0 heterocycles. The molecule has 0 unspecified atom stereocenters. The van der Waals surface area contributed by atoms with E-state index in [1.54, 1.807) is 0 Å². The molecule has 0 amide bonds. The van der Waals surface area contributed by atoms with E-state index in [4.69, 9.17) is 4.74 Å². The van der Waals surface area contributed by atoms with E-state index in [0.29, 0.717) is 31.3 Å². The molecule has 0 aromatic rings. The summed E-state index contributed by atoms with van der Waals surface area (Å²) < 4.78 is 6.14. The third-order valence-electron chi connectivity index (χ3n) is 8.17. The van der Waals surface area contributed by atoms with E-state index in [1.165, 1.54) is 24.8 Å². The molecular weight excluding hydrogens is 376 g/mol. The number of hydrogen-bond acceptors (Lipinski definition) is 4. The summed E-state index contributed by atoms with van der Waals surface area (Å²) in [7, 11) is 0. The Morgan fingerprint density at radius 3 is 2.63 bits per heavy atom. The van der Waals surface area contributed by atoms with Gasteiger partial charge in [0.25, 0.3) is 0 Å². The molecule has 0 bridgehead atoms. The zero-order chi connectivity index (χ0) is 22.1. The fraction of sp³-hybridized carbons (Fsp3) is 0.769. The fourth-order valence-electron chi connectivity index (χ4n) is 6.07. The maximum absolute atomic E-state index is 10.1. The molecule has 4 heteroatoms. The van der Waals surface area contributed by atoms with Crippen molar-refractivity contribution in [2.45, 2.75) is 97.1 Å². The fourth-order valence-corrected chi connectivity index (χ4v) is 6.07. The predicted molar refractivity (Wildman–Crippen MR) is 121 cm³/mol. The smallest absolute Gasteiger partial charge is 0.0811 e. The van der Waals surface area contributed by atoms with Gasteiger partial charge in [0.1, 0.15) is 0 Å². The van der Waals surface area contributed by atoms with E-state index < -0.39 is 18.3 Å². The van der Waals surface area contributed by atoms with Crippen LogP contribution >= 0.6 is 0 Å². The summed E-state index contributed by atoms with van der Waals surface area (Å²) in [5.41, 5.74) is 3.46. The van der Waals surface area contributed by atoms with Crippen LogP contribution in [0.3, 0.4) is 0 Å². The van der Waals surface area contributed by atoms with E-state index >= 15 is 0 Å². The number of aliphatic hydroxyl groups is 3. The molecule has 3 fully saturated rings. The lowest BCUT2D eigenvalue weighted by atomic mass is 9.62. The van der Waals surface area contributed by atoms with E-state index in [0.717, 1.165) is 24.0 Å². The highest BCUT2D eigenvalue weighted by molar-refractivity contribution is 5.38. The Labute approximate surface area is 182 Å². The van der Waals surface area contributed by atoms with Crippen molar-refractivity contribution < 1.29 is 20.1 Å². The summed E-state index contributed by atoms with van der Waals surface area (Å²) >= 11 is 0. The predicted octanol–water partition coefficient (Wildman–Crippen LogP) is 4.55. The lowest BCUT2D eigenvalue weighted by Gasteiger charge is -2.44. The molecule has 0 radical (unpaired) electrons. The number of fused-ring (bicyclic) bond motifs is 1. The molecule has 3 rings (SSSR count). The second-order valence-corrected chi connectivity index (χ2v) is 10.5. The SMILES string of the molecule is C=C1/C(=C\C=C2/CCC[C@@]3(C)[C@@H]2CC[C@@H]3[C@H](C)OC[C@H](O)C(C)C)C[C@@H](O)C[C@@H]1O. The summed E-state index contributed by atoms with van der Waals surface area (Å²) in [6, 6.07) is 0. The summed E-state index contributed by atoms with van der Waals surface area (Å²) in [5.74, 6) is 1.28. The third kappa shape index (κ3) is 4.93. The highest BCUT2D eigenvalue weighted by Gasteiger charge is 2.51. The summed E-state index contributed by atoms with van der Waals surface area (Å²) in [6.07, 6.45) is 9.82. The minimum absolute atomic E-state index is 0.148. The standard InChI is InChI=1S/C26H42O4/c1-16(2)25(29)15-30-18(4)22-10-11-23-19(7-6-12-26(22,23)5)8-9-20-13-21(27)14-24(28)17(20)3/h8-9,16,18,21-25,27-29H,3,6-7,10-15H2,1-2,4-5H3/b19-8+,20-9-/t18-,21+,22+,23+,24-,25-,26+/m0/s1. The zero-order valence-corrected chi connectivity index (χ0v) is 19.3. The van der Waals surface area contributed by atoms with Crippen molar-refractivity contribution in [1.82, 2.24) is 0 Å². The van der Waals surface area contributed by atoms with E-state index in [-0.39, 0.29) is 17.4 Å². The number of allylic oxidation sites excluding steroid dienone is 3. The molecule has 4 nitrogen and oxygen atoms in total. The van der Waals surface area contributed by atoms with Crippen LogP contribution in [-0.2, 0) is 4.74 Å². The Bertz CT molecular complexity index is 679. The topological polar surface area (TPSA) is 69.9 Å². The number of aliphatic hydroxyl groups excluding tert-OH is 3. The van der Waals surface area contributed by atoms with Crippen molar-refractivity contribution in [3.63, 3.8) is 0 Å². The Balaban J connectivity index is 1.72. The van der Waals surface area contributed by atoms with Gasteiger partial charge in [-0.2, -0.15) is 0 Å². The van der Waals surface area contributed by atoms with Gasteiger partial charge < -0.3 is 20.1 Å². The van der Waals surface area contributed by atoms with Gasteiger partial charge in [0.05, 0.1) is 31.0 Å². The van der Waals surface area contributed by atoms with Crippen LogP contribution in [0.25, 0.3) is 0 Å². The minimum atomic E-state index is -0.634. The maximum Gasteiger partial charge on any atom is 0.0811 e. The van der Waals surface area contributed by atoms with Gasteiger partial charge in [-0.1, -0.05) is 45.1 Å². The van der Waals surface area contributed by atoms with E-state index in [9.17, 15) is 15.3 Å². The third-order valence-corrected chi connectivity index (χ3v) is 8.17. The first kappa shape index (κ1) is 23.7. The molecular formula is C26H42O4.